The number of hydrogen-bond acceptors (Lipinski definition) is 3. The predicted octanol–water partition coefficient (Wildman–Crippen LogP) is 3.60. The number of halogens is 1. The summed E-state index contributed by atoms with van der Waals surface area (Å²) in [4.78, 5) is 6.95. The van der Waals surface area contributed by atoms with Crippen molar-refractivity contribution in [3.8, 4) is 0 Å². The van der Waals surface area contributed by atoms with Crippen molar-refractivity contribution in [1.82, 2.24) is 15.5 Å². The Kier molecular flexibility index (Phi) is 10.3. The van der Waals surface area contributed by atoms with Gasteiger partial charge >= 0.3 is 0 Å². The molecule has 0 saturated heterocycles. The Labute approximate surface area is 167 Å². The fraction of sp³-hybridized carbons (Fsp3) is 0.421. The van der Waals surface area contributed by atoms with Gasteiger partial charge in [-0.1, -0.05) is 31.2 Å². The third kappa shape index (κ3) is 7.92. The molecule has 0 aliphatic rings. The second kappa shape index (κ2) is 11.9. The maximum absolute atomic E-state index is 5.34. The zero-order valence-electron chi connectivity index (χ0n) is 15.3. The second-order valence-electron chi connectivity index (χ2n) is 5.78. The van der Waals surface area contributed by atoms with Crippen LogP contribution in [-0.4, -0.2) is 31.0 Å². The average Bonchev–Trinajstić information content (AvgIpc) is 3.11. The molecule has 6 heteroatoms. The van der Waals surface area contributed by atoms with Gasteiger partial charge in [0.2, 0.25) is 0 Å². The molecule has 2 rings (SSSR count). The maximum atomic E-state index is 5.34. The first kappa shape index (κ1) is 21.5. The number of benzene rings is 1. The summed E-state index contributed by atoms with van der Waals surface area (Å²) in [5, 5.41) is 6.55. The van der Waals surface area contributed by atoms with Gasteiger partial charge in [-0.3, -0.25) is 0 Å². The van der Waals surface area contributed by atoms with E-state index in [1.165, 1.54) is 11.1 Å². The molecule has 0 fully saturated rings. The summed E-state index contributed by atoms with van der Waals surface area (Å²) >= 11 is 0. The van der Waals surface area contributed by atoms with Gasteiger partial charge in [0, 0.05) is 13.1 Å². The van der Waals surface area contributed by atoms with E-state index < -0.39 is 0 Å². The van der Waals surface area contributed by atoms with Crippen LogP contribution in [0, 0.1) is 0 Å². The molecule has 0 amide bonds. The van der Waals surface area contributed by atoms with Gasteiger partial charge in [-0.2, -0.15) is 0 Å². The van der Waals surface area contributed by atoms with Crippen LogP contribution < -0.4 is 10.6 Å². The molecule has 5 nitrogen and oxygen atoms in total. The summed E-state index contributed by atoms with van der Waals surface area (Å²) in [5.74, 6) is 1.69. The molecule has 0 atom stereocenters. The minimum atomic E-state index is 0. The smallest absolute Gasteiger partial charge is 0.191 e. The second-order valence-corrected chi connectivity index (χ2v) is 5.78. The summed E-state index contributed by atoms with van der Waals surface area (Å²) in [7, 11) is 2.13. The van der Waals surface area contributed by atoms with E-state index in [1.54, 1.807) is 6.26 Å². The van der Waals surface area contributed by atoms with Gasteiger partial charge in [-0.15, -0.1) is 24.0 Å². The van der Waals surface area contributed by atoms with Crippen LogP contribution in [0.4, 0.5) is 0 Å². The summed E-state index contributed by atoms with van der Waals surface area (Å²) < 4.78 is 5.34. The van der Waals surface area contributed by atoms with E-state index in [0.717, 1.165) is 31.4 Å². The summed E-state index contributed by atoms with van der Waals surface area (Å²) in [6.45, 7) is 8.34. The van der Waals surface area contributed by atoms with Gasteiger partial charge < -0.3 is 20.0 Å². The SMILES string of the molecule is CCNC(=NCc1cccc(CN(C)CC)c1)NCc1ccco1.I. The molecule has 1 heterocycles. The van der Waals surface area contributed by atoms with E-state index in [0.29, 0.717) is 13.1 Å². The van der Waals surface area contributed by atoms with Crippen LogP contribution in [0.25, 0.3) is 0 Å². The van der Waals surface area contributed by atoms with E-state index in [-0.39, 0.29) is 24.0 Å². The fourth-order valence-electron chi connectivity index (χ4n) is 2.35. The van der Waals surface area contributed by atoms with Gasteiger partial charge in [-0.05, 0) is 43.8 Å². The molecule has 0 saturated carbocycles. The number of nitrogens with zero attached hydrogens (tertiary/aromatic N) is 2. The van der Waals surface area contributed by atoms with Crippen LogP contribution in [0.5, 0.6) is 0 Å². The quantitative estimate of drug-likeness (QED) is 0.362. The topological polar surface area (TPSA) is 52.8 Å². The monoisotopic (exact) mass is 456 g/mol. The van der Waals surface area contributed by atoms with Gasteiger partial charge in [0.15, 0.2) is 5.96 Å². The molecule has 0 aliphatic heterocycles. The Bertz CT molecular complexity index is 628. The lowest BCUT2D eigenvalue weighted by atomic mass is 10.1. The van der Waals surface area contributed by atoms with Crippen molar-refractivity contribution in [2.45, 2.75) is 33.5 Å². The molecular formula is C19H29IN4O. The Morgan fingerprint density at radius 1 is 1.12 bits per heavy atom. The molecule has 0 radical (unpaired) electrons. The molecule has 2 aromatic rings. The summed E-state index contributed by atoms with van der Waals surface area (Å²) in [6, 6.07) is 12.5. The Morgan fingerprint density at radius 3 is 2.60 bits per heavy atom. The Hall–Kier alpha value is -1.54. The van der Waals surface area contributed by atoms with Crippen LogP contribution in [0.15, 0.2) is 52.1 Å². The van der Waals surface area contributed by atoms with Crippen molar-refractivity contribution in [1.29, 1.82) is 0 Å². The minimum Gasteiger partial charge on any atom is -0.467 e. The highest BCUT2D eigenvalue weighted by Gasteiger charge is 2.02. The maximum Gasteiger partial charge on any atom is 0.191 e. The Balaban J connectivity index is 0.00000312. The zero-order valence-corrected chi connectivity index (χ0v) is 17.6. The van der Waals surface area contributed by atoms with Crippen LogP contribution in [0.3, 0.4) is 0 Å². The highest BCUT2D eigenvalue weighted by atomic mass is 127. The van der Waals surface area contributed by atoms with Gasteiger partial charge in [0.1, 0.15) is 5.76 Å². The van der Waals surface area contributed by atoms with Crippen LogP contribution in [0.1, 0.15) is 30.7 Å². The van der Waals surface area contributed by atoms with Gasteiger partial charge in [-0.25, -0.2) is 4.99 Å². The fourth-order valence-corrected chi connectivity index (χ4v) is 2.35. The normalized spacial score (nSPS) is 11.3. The van der Waals surface area contributed by atoms with Crippen molar-refractivity contribution < 1.29 is 4.42 Å². The highest BCUT2D eigenvalue weighted by Crippen LogP contribution is 2.09. The Morgan fingerprint density at radius 2 is 1.92 bits per heavy atom. The first-order valence-corrected chi connectivity index (χ1v) is 8.52. The third-order valence-electron chi connectivity index (χ3n) is 3.76. The van der Waals surface area contributed by atoms with Gasteiger partial charge in [0.25, 0.3) is 0 Å². The number of guanidine groups is 1. The van der Waals surface area contributed by atoms with Crippen LogP contribution in [0.2, 0.25) is 0 Å². The lowest BCUT2D eigenvalue weighted by Gasteiger charge is -2.14. The lowest BCUT2D eigenvalue weighted by Crippen LogP contribution is -2.36. The largest absolute Gasteiger partial charge is 0.467 e. The van der Waals surface area contributed by atoms with Crippen molar-refractivity contribution in [3.63, 3.8) is 0 Å². The predicted molar refractivity (Wildman–Crippen MR) is 114 cm³/mol. The molecule has 138 valence electrons. The number of rotatable bonds is 8. The number of aliphatic imine (C=N–C) groups is 1. The molecule has 0 unspecified atom stereocenters. The van der Waals surface area contributed by atoms with Crippen molar-refractivity contribution in [2.24, 2.45) is 4.99 Å². The van der Waals surface area contributed by atoms with Crippen molar-refractivity contribution in [3.05, 3.63) is 59.5 Å². The minimum absolute atomic E-state index is 0. The number of furan rings is 1. The first-order chi connectivity index (χ1) is 11.7. The average molecular weight is 456 g/mol. The molecule has 0 bridgehead atoms. The molecule has 1 aromatic carbocycles. The van der Waals surface area contributed by atoms with Crippen molar-refractivity contribution >= 4 is 29.9 Å². The lowest BCUT2D eigenvalue weighted by molar-refractivity contribution is 0.345. The van der Waals surface area contributed by atoms with Gasteiger partial charge in [0.05, 0.1) is 19.4 Å². The standard InChI is InChI=1S/C19H28N4O.HI/c1-4-20-19(22-14-18-10-7-11-24-18)21-13-16-8-6-9-17(12-16)15-23(3)5-2;/h6-12H,4-5,13-15H2,1-3H3,(H2,20,21,22);1H. The van der Waals surface area contributed by atoms with E-state index >= 15 is 0 Å². The van der Waals surface area contributed by atoms with Crippen molar-refractivity contribution in [2.75, 3.05) is 20.1 Å². The van der Waals surface area contributed by atoms with E-state index in [2.05, 4.69) is 65.7 Å². The van der Waals surface area contributed by atoms with E-state index in [1.807, 2.05) is 12.1 Å². The molecule has 0 spiro atoms. The van der Waals surface area contributed by atoms with Crippen LogP contribution >= 0.6 is 24.0 Å². The molecule has 1 aromatic heterocycles. The molecule has 0 aliphatic carbocycles. The first-order valence-electron chi connectivity index (χ1n) is 8.52. The molecular weight excluding hydrogens is 427 g/mol. The van der Waals surface area contributed by atoms with E-state index in [4.69, 9.17) is 4.42 Å². The van der Waals surface area contributed by atoms with Crippen LogP contribution in [-0.2, 0) is 19.6 Å². The number of nitrogens with one attached hydrogen (secondary N) is 2. The molecule has 25 heavy (non-hydrogen) atoms. The molecule has 2 N–H and O–H groups in total. The zero-order chi connectivity index (χ0) is 17.2. The van der Waals surface area contributed by atoms with E-state index in [9.17, 15) is 0 Å². The third-order valence-corrected chi connectivity index (χ3v) is 3.76. The summed E-state index contributed by atoms with van der Waals surface area (Å²) in [5.41, 5.74) is 2.54. The summed E-state index contributed by atoms with van der Waals surface area (Å²) in [6.07, 6.45) is 1.68. The number of hydrogen-bond donors (Lipinski definition) is 2. The highest BCUT2D eigenvalue weighted by molar-refractivity contribution is 14.0.